The van der Waals surface area contributed by atoms with Crippen molar-refractivity contribution in [2.45, 2.75) is 30.6 Å². The number of carbonyl (C=O) groups is 4. The topological polar surface area (TPSA) is 223 Å². The lowest BCUT2D eigenvalue weighted by Gasteiger charge is -2.53. The number of carbonyl (C=O) groups excluding carboxylic acids is 4. The van der Waals surface area contributed by atoms with Gasteiger partial charge in [-0.25, -0.2) is 0 Å². The number of aliphatic hydroxyl groups excluding tert-OH is 3. The van der Waals surface area contributed by atoms with Gasteiger partial charge in [0.1, 0.15) is 22.8 Å². The number of anilines is 1. The van der Waals surface area contributed by atoms with Crippen LogP contribution < -0.4 is 16.4 Å². The fraction of sp³-hybridized carbons (Fsp3) is 0.407. The second-order valence-electron chi connectivity index (χ2n) is 10.4. The Morgan fingerprint density at radius 1 is 1.20 bits per heavy atom. The molecule has 0 radical (unpaired) electrons. The van der Waals surface area contributed by atoms with Crippen LogP contribution >= 0.6 is 0 Å². The Morgan fingerprint density at radius 2 is 1.85 bits per heavy atom. The molecule has 9 N–H and O–H groups in total. The summed E-state index contributed by atoms with van der Waals surface area (Å²) in [6.45, 7) is 5.12. The van der Waals surface area contributed by atoms with Crippen LogP contribution in [0.1, 0.15) is 28.8 Å². The van der Waals surface area contributed by atoms with Gasteiger partial charge in [-0.05, 0) is 31.6 Å². The van der Waals surface area contributed by atoms with Crippen molar-refractivity contribution in [2.75, 3.05) is 32.5 Å². The van der Waals surface area contributed by atoms with Gasteiger partial charge >= 0.3 is 0 Å². The highest BCUT2D eigenvalue weighted by molar-refractivity contribution is 6.25. The highest BCUT2D eigenvalue weighted by Gasteiger charge is 2.67. The summed E-state index contributed by atoms with van der Waals surface area (Å²) in [6.07, 6.45) is -0.187. The van der Waals surface area contributed by atoms with Crippen LogP contribution in [-0.2, 0) is 14.4 Å². The number of benzene rings is 1. The van der Waals surface area contributed by atoms with E-state index in [1.165, 1.54) is 37.2 Å². The van der Waals surface area contributed by atoms with Crippen LogP contribution in [0.4, 0.5) is 5.69 Å². The number of fused-ring (bicyclic) bond motifs is 3. The number of aromatic hydroxyl groups is 1. The van der Waals surface area contributed by atoms with Crippen molar-refractivity contribution in [1.82, 2.24) is 10.2 Å². The Morgan fingerprint density at radius 3 is 2.42 bits per heavy atom. The number of primary amides is 1. The van der Waals surface area contributed by atoms with E-state index < -0.39 is 87.3 Å². The maximum absolute atomic E-state index is 13.8. The number of ketones is 2. The van der Waals surface area contributed by atoms with Gasteiger partial charge in [0.2, 0.25) is 11.7 Å². The molecular formula is C27H32N4O9. The van der Waals surface area contributed by atoms with Gasteiger partial charge in [-0.1, -0.05) is 19.1 Å². The largest absolute Gasteiger partial charge is 0.510 e. The van der Waals surface area contributed by atoms with Crippen molar-refractivity contribution in [3.63, 3.8) is 0 Å². The van der Waals surface area contributed by atoms with Gasteiger partial charge in [0.15, 0.2) is 11.4 Å². The van der Waals surface area contributed by atoms with E-state index in [-0.39, 0.29) is 24.3 Å². The van der Waals surface area contributed by atoms with Crippen molar-refractivity contribution in [2.24, 2.45) is 17.6 Å². The van der Waals surface area contributed by atoms with Crippen molar-refractivity contribution >= 4 is 29.1 Å². The van der Waals surface area contributed by atoms with Crippen LogP contribution in [0.2, 0.25) is 0 Å². The van der Waals surface area contributed by atoms with E-state index in [9.17, 15) is 44.7 Å². The third kappa shape index (κ3) is 3.96. The monoisotopic (exact) mass is 556 g/mol. The SMILES string of the molecule is C=CCNC(=O)CNc1ccc2c(c1O)C(=O)C1=C(O)[C@@]3(O)C(=O)C(C(N)=O)=C(O)[C@@H](N(C)C)[C@H]3[C@H](O)[C@H]1[C@@H]2C. The molecule has 0 aliphatic heterocycles. The zero-order valence-corrected chi connectivity index (χ0v) is 22.1. The Hall–Kier alpha value is -4.20. The quantitative estimate of drug-likeness (QED) is 0.120. The Balaban J connectivity index is 1.87. The van der Waals surface area contributed by atoms with Gasteiger partial charge in [-0.2, -0.15) is 0 Å². The number of nitrogens with one attached hydrogen (secondary N) is 2. The number of likely N-dealkylation sites (N-methyl/N-ethyl adjacent to an activating group) is 1. The molecule has 13 heteroatoms. The first kappa shape index (κ1) is 28.8. The summed E-state index contributed by atoms with van der Waals surface area (Å²) in [5, 5.41) is 61.9. The first-order chi connectivity index (χ1) is 18.7. The third-order valence-corrected chi connectivity index (χ3v) is 8.01. The smallest absolute Gasteiger partial charge is 0.255 e. The van der Waals surface area contributed by atoms with Gasteiger partial charge in [-0.15, -0.1) is 6.58 Å². The molecule has 1 aromatic carbocycles. The highest BCUT2D eigenvalue weighted by Crippen LogP contribution is 2.55. The average molecular weight is 557 g/mol. The van der Waals surface area contributed by atoms with Gasteiger partial charge in [0.05, 0.1) is 35.9 Å². The number of rotatable bonds is 7. The molecule has 4 rings (SSSR count). The summed E-state index contributed by atoms with van der Waals surface area (Å²) in [6, 6.07) is 1.65. The molecule has 0 saturated carbocycles. The number of phenolic OH excluding ortho intramolecular Hbond substituents is 1. The number of nitrogens with two attached hydrogens (primary N) is 1. The molecule has 13 nitrogen and oxygen atoms in total. The van der Waals surface area contributed by atoms with Gasteiger partial charge < -0.3 is 41.9 Å². The number of nitrogens with zero attached hydrogens (tertiary/aromatic N) is 1. The van der Waals surface area contributed by atoms with Crippen LogP contribution in [0, 0.1) is 11.8 Å². The first-order valence-electron chi connectivity index (χ1n) is 12.5. The maximum Gasteiger partial charge on any atom is 0.255 e. The summed E-state index contributed by atoms with van der Waals surface area (Å²) in [7, 11) is 2.93. The maximum atomic E-state index is 13.8. The minimum absolute atomic E-state index is 0.0322. The molecule has 0 bridgehead atoms. The molecule has 2 amide bonds. The molecule has 0 aromatic heterocycles. The summed E-state index contributed by atoms with van der Waals surface area (Å²) in [4.78, 5) is 52.7. The zero-order valence-electron chi connectivity index (χ0n) is 22.1. The summed E-state index contributed by atoms with van der Waals surface area (Å²) in [5.41, 5.74) is 0.951. The molecule has 214 valence electrons. The van der Waals surface area contributed by atoms with Crippen molar-refractivity contribution in [3.05, 3.63) is 58.6 Å². The molecule has 1 aromatic rings. The molecule has 0 fully saturated rings. The van der Waals surface area contributed by atoms with E-state index in [0.29, 0.717) is 5.56 Å². The van der Waals surface area contributed by atoms with Crippen LogP contribution in [0.3, 0.4) is 0 Å². The van der Waals surface area contributed by atoms with Gasteiger partial charge in [0.25, 0.3) is 5.91 Å². The van der Waals surface area contributed by atoms with E-state index in [1.807, 2.05) is 0 Å². The van der Waals surface area contributed by atoms with E-state index in [4.69, 9.17) is 5.73 Å². The van der Waals surface area contributed by atoms with E-state index in [2.05, 4.69) is 17.2 Å². The molecule has 40 heavy (non-hydrogen) atoms. The summed E-state index contributed by atoms with van der Waals surface area (Å²) in [5.74, 6) is -10.1. The predicted octanol–water partition coefficient (Wildman–Crippen LogP) is -0.633. The van der Waals surface area contributed by atoms with E-state index in [0.717, 1.165) is 0 Å². The summed E-state index contributed by atoms with van der Waals surface area (Å²) >= 11 is 0. The first-order valence-corrected chi connectivity index (χ1v) is 12.5. The van der Waals surface area contributed by atoms with Crippen LogP contribution in [0.5, 0.6) is 5.75 Å². The van der Waals surface area contributed by atoms with E-state index in [1.54, 1.807) is 6.92 Å². The second-order valence-corrected chi connectivity index (χ2v) is 10.4. The lowest BCUT2D eigenvalue weighted by molar-refractivity contribution is -0.162. The van der Waals surface area contributed by atoms with Crippen molar-refractivity contribution in [1.29, 1.82) is 0 Å². The number of Topliss-reactive ketones (excluding diaryl/α,β-unsaturated/α-hetero) is 2. The number of aliphatic hydroxyl groups is 4. The number of hydrogen-bond acceptors (Lipinski definition) is 11. The lowest BCUT2D eigenvalue weighted by Crippen LogP contribution is -2.68. The number of hydrogen-bond donors (Lipinski definition) is 8. The molecule has 3 aliphatic rings. The minimum atomic E-state index is -2.99. The number of phenols is 1. The summed E-state index contributed by atoms with van der Waals surface area (Å²) < 4.78 is 0. The third-order valence-electron chi connectivity index (χ3n) is 8.01. The average Bonchev–Trinajstić information content (AvgIpc) is 2.88. The standard InChI is InChI=1S/C27H32N4O9/c1-5-8-29-13(32)9-30-12-7-6-11-10(2)14-16(21(34)15(11)20(12)33)24(37)27(40)18(22(14)35)19(31(3)4)23(36)17(25(27)38)26(28)39/h5-7,10,14,18-19,22,30,33,35-37,40H,1,8-9H2,2-4H3,(H2,28,39)(H,29,32)/t10-,14+,18+,19+,22-,27-/m1/s1. The van der Waals surface area contributed by atoms with E-state index >= 15 is 0 Å². The Labute approximate surface area is 229 Å². The van der Waals surface area contributed by atoms with Crippen molar-refractivity contribution < 1.29 is 44.7 Å². The lowest BCUT2D eigenvalue weighted by atomic mass is 9.55. The van der Waals surface area contributed by atoms with Crippen molar-refractivity contribution in [3.8, 4) is 5.75 Å². The Bertz CT molecular complexity index is 1400. The van der Waals surface area contributed by atoms with Crippen LogP contribution in [0.15, 0.2) is 47.5 Å². The Kier molecular flexibility index (Phi) is 7.26. The molecule has 0 heterocycles. The van der Waals surface area contributed by atoms with Gasteiger partial charge in [-0.3, -0.25) is 24.1 Å². The molecule has 0 unspecified atom stereocenters. The van der Waals surface area contributed by atoms with Crippen LogP contribution in [-0.4, -0.2) is 98.7 Å². The predicted molar refractivity (Wildman–Crippen MR) is 141 cm³/mol. The highest BCUT2D eigenvalue weighted by atomic mass is 16.4. The molecule has 6 atom stereocenters. The second kappa shape index (κ2) is 10.1. The molecular weight excluding hydrogens is 524 g/mol. The zero-order chi connectivity index (χ0) is 29.8. The molecule has 0 saturated heterocycles. The van der Waals surface area contributed by atoms with Crippen LogP contribution in [0.25, 0.3) is 0 Å². The van der Waals surface area contributed by atoms with Gasteiger partial charge in [0, 0.05) is 18.0 Å². The normalized spacial score (nSPS) is 29.5. The molecule has 0 spiro atoms. The number of amides is 2. The molecule has 3 aliphatic carbocycles. The fourth-order valence-electron chi connectivity index (χ4n) is 6.19. The minimum Gasteiger partial charge on any atom is -0.510 e. The fourth-order valence-corrected chi connectivity index (χ4v) is 6.19.